The van der Waals surface area contributed by atoms with Crippen LogP contribution in [0.25, 0.3) is 0 Å². The van der Waals surface area contributed by atoms with Crippen LogP contribution in [0.1, 0.15) is 32.1 Å². The first kappa shape index (κ1) is 17.2. The SMILES string of the molecule is CNCCCNC(=O)CN1CCCCCC1=O.Cl. The number of carbonyl (C=O) groups excluding carboxylic acids is 2. The Hall–Kier alpha value is -0.810. The first-order valence-corrected chi connectivity index (χ1v) is 6.43. The third kappa shape index (κ3) is 6.81. The topological polar surface area (TPSA) is 61.4 Å². The van der Waals surface area contributed by atoms with Gasteiger partial charge in [0.25, 0.3) is 0 Å². The highest BCUT2D eigenvalue weighted by molar-refractivity contribution is 5.85. The van der Waals surface area contributed by atoms with E-state index in [9.17, 15) is 9.59 Å². The molecule has 0 bridgehead atoms. The summed E-state index contributed by atoms with van der Waals surface area (Å²) in [5.41, 5.74) is 0. The Morgan fingerprint density at radius 3 is 2.78 bits per heavy atom. The molecule has 0 aromatic rings. The average molecular weight is 278 g/mol. The zero-order chi connectivity index (χ0) is 12.5. The molecule has 0 spiro atoms. The van der Waals surface area contributed by atoms with Gasteiger partial charge < -0.3 is 15.5 Å². The van der Waals surface area contributed by atoms with E-state index >= 15 is 0 Å². The predicted molar refractivity (Wildman–Crippen MR) is 73.8 cm³/mol. The van der Waals surface area contributed by atoms with E-state index < -0.39 is 0 Å². The number of hydrogen-bond acceptors (Lipinski definition) is 3. The largest absolute Gasteiger partial charge is 0.355 e. The van der Waals surface area contributed by atoms with Crippen molar-refractivity contribution >= 4 is 24.2 Å². The van der Waals surface area contributed by atoms with E-state index in [1.807, 2.05) is 7.05 Å². The summed E-state index contributed by atoms with van der Waals surface area (Å²) in [5, 5.41) is 5.86. The van der Waals surface area contributed by atoms with Crippen LogP contribution in [-0.4, -0.2) is 49.9 Å². The monoisotopic (exact) mass is 277 g/mol. The van der Waals surface area contributed by atoms with Crippen LogP contribution in [0.2, 0.25) is 0 Å². The average Bonchev–Trinajstić information content (AvgIpc) is 2.51. The van der Waals surface area contributed by atoms with Crippen LogP contribution >= 0.6 is 12.4 Å². The summed E-state index contributed by atoms with van der Waals surface area (Å²) in [4.78, 5) is 24.9. The van der Waals surface area contributed by atoms with Gasteiger partial charge in [-0.3, -0.25) is 9.59 Å². The maximum Gasteiger partial charge on any atom is 0.239 e. The van der Waals surface area contributed by atoms with Gasteiger partial charge in [-0.2, -0.15) is 0 Å². The van der Waals surface area contributed by atoms with Crippen molar-refractivity contribution < 1.29 is 9.59 Å². The van der Waals surface area contributed by atoms with E-state index in [1.54, 1.807) is 4.90 Å². The van der Waals surface area contributed by atoms with Gasteiger partial charge >= 0.3 is 0 Å². The second-order valence-electron chi connectivity index (χ2n) is 4.43. The van der Waals surface area contributed by atoms with E-state index in [0.29, 0.717) is 13.0 Å². The Morgan fingerprint density at radius 2 is 2.06 bits per heavy atom. The lowest BCUT2D eigenvalue weighted by Crippen LogP contribution is -2.41. The van der Waals surface area contributed by atoms with Crippen molar-refractivity contribution in [3.8, 4) is 0 Å². The van der Waals surface area contributed by atoms with Crippen LogP contribution in [0.15, 0.2) is 0 Å². The summed E-state index contributed by atoms with van der Waals surface area (Å²) in [6.07, 6.45) is 4.56. The molecule has 2 N–H and O–H groups in total. The molecule has 1 rings (SSSR count). The molecule has 0 aromatic carbocycles. The lowest BCUT2D eigenvalue weighted by Gasteiger charge is -2.19. The van der Waals surface area contributed by atoms with Crippen molar-refractivity contribution in [1.82, 2.24) is 15.5 Å². The summed E-state index contributed by atoms with van der Waals surface area (Å²) in [5.74, 6) is 0.0734. The molecular formula is C12H24ClN3O2. The Kier molecular flexibility index (Phi) is 9.69. The van der Waals surface area contributed by atoms with Gasteiger partial charge in [-0.05, 0) is 32.9 Å². The fourth-order valence-electron chi connectivity index (χ4n) is 1.93. The second-order valence-corrected chi connectivity index (χ2v) is 4.43. The fraction of sp³-hybridized carbons (Fsp3) is 0.833. The summed E-state index contributed by atoms with van der Waals surface area (Å²) in [6.45, 7) is 2.51. The molecule has 18 heavy (non-hydrogen) atoms. The number of hydrogen-bond donors (Lipinski definition) is 2. The number of amides is 2. The van der Waals surface area contributed by atoms with Crippen LogP contribution in [0.3, 0.4) is 0 Å². The van der Waals surface area contributed by atoms with Crippen LogP contribution in [0.5, 0.6) is 0 Å². The highest BCUT2D eigenvalue weighted by atomic mass is 35.5. The van der Waals surface area contributed by atoms with E-state index in [4.69, 9.17) is 0 Å². The zero-order valence-electron chi connectivity index (χ0n) is 11.0. The predicted octanol–water partition coefficient (Wildman–Crippen LogP) is 0.536. The molecule has 6 heteroatoms. The van der Waals surface area contributed by atoms with E-state index in [-0.39, 0.29) is 30.8 Å². The van der Waals surface area contributed by atoms with Crippen LogP contribution in [0.4, 0.5) is 0 Å². The van der Waals surface area contributed by atoms with Gasteiger partial charge in [0.1, 0.15) is 0 Å². The number of carbonyl (C=O) groups is 2. The number of halogens is 1. The molecule has 0 saturated carbocycles. The van der Waals surface area contributed by atoms with Gasteiger partial charge in [0.2, 0.25) is 11.8 Å². The molecule has 0 aliphatic carbocycles. The van der Waals surface area contributed by atoms with Crippen molar-refractivity contribution in [2.75, 3.05) is 33.2 Å². The lowest BCUT2D eigenvalue weighted by atomic mass is 10.2. The standard InChI is InChI=1S/C12H23N3O2.ClH/c1-13-7-5-8-14-11(16)10-15-9-4-2-3-6-12(15)17;/h13H,2-10H2,1H3,(H,14,16);1H. The molecule has 1 aliphatic heterocycles. The molecule has 5 nitrogen and oxygen atoms in total. The van der Waals surface area contributed by atoms with E-state index in [1.165, 1.54) is 0 Å². The van der Waals surface area contributed by atoms with Gasteiger partial charge in [0.15, 0.2) is 0 Å². The van der Waals surface area contributed by atoms with Crippen molar-refractivity contribution in [2.24, 2.45) is 0 Å². The highest BCUT2D eigenvalue weighted by Gasteiger charge is 2.18. The summed E-state index contributed by atoms with van der Waals surface area (Å²) in [6, 6.07) is 0. The van der Waals surface area contributed by atoms with Crippen molar-refractivity contribution in [2.45, 2.75) is 32.1 Å². The van der Waals surface area contributed by atoms with E-state index in [0.717, 1.165) is 38.8 Å². The molecule has 2 amide bonds. The maximum atomic E-state index is 11.7. The van der Waals surface area contributed by atoms with Gasteiger partial charge in [0, 0.05) is 19.5 Å². The Morgan fingerprint density at radius 1 is 1.28 bits per heavy atom. The molecule has 1 fully saturated rings. The number of likely N-dealkylation sites (tertiary alicyclic amines) is 1. The molecule has 1 saturated heterocycles. The van der Waals surface area contributed by atoms with Crippen molar-refractivity contribution in [3.05, 3.63) is 0 Å². The summed E-state index contributed by atoms with van der Waals surface area (Å²) < 4.78 is 0. The molecule has 0 unspecified atom stereocenters. The first-order chi connectivity index (χ1) is 8.24. The van der Waals surface area contributed by atoms with Crippen LogP contribution < -0.4 is 10.6 Å². The van der Waals surface area contributed by atoms with Gasteiger partial charge in [-0.1, -0.05) is 6.42 Å². The Balaban J connectivity index is 0.00000289. The first-order valence-electron chi connectivity index (χ1n) is 6.43. The summed E-state index contributed by atoms with van der Waals surface area (Å²) >= 11 is 0. The summed E-state index contributed by atoms with van der Waals surface area (Å²) in [7, 11) is 1.89. The molecule has 1 heterocycles. The number of nitrogens with one attached hydrogen (secondary N) is 2. The quantitative estimate of drug-likeness (QED) is 0.697. The third-order valence-corrected chi connectivity index (χ3v) is 2.93. The minimum absolute atomic E-state index is 0. The Labute approximate surface area is 115 Å². The molecule has 106 valence electrons. The smallest absolute Gasteiger partial charge is 0.239 e. The Bertz CT molecular complexity index is 262. The molecule has 0 atom stereocenters. The van der Waals surface area contributed by atoms with Gasteiger partial charge in [0.05, 0.1) is 6.54 Å². The minimum Gasteiger partial charge on any atom is -0.355 e. The van der Waals surface area contributed by atoms with Crippen LogP contribution in [0, 0.1) is 0 Å². The van der Waals surface area contributed by atoms with Crippen LogP contribution in [-0.2, 0) is 9.59 Å². The fourth-order valence-corrected chi connectivity index (χ4v) is 1.93. The van der Waals surface area contributed by atoms with E-state index in [2.05, 4.69) is 10.6 Å². The zero-order valence-corrected chi connectivity index (χ0v) is 11.9. The minimum atomic E-state index is -0.0450. The van der Waals surface area contributed by atoms with Gasteiger partial charge in [-0.25, -0.2) is 0 Å². The normalized spacial score (nSPS) is 15.8. The number of nitrogens with zero attached hydrogens (tertiary/aromatic N) is 1. The molecule has 1 aliphatic rings. The van der Waals surface area contributed by atoms with Crippen molar-refractivity contribution in [3.63, 3.8) is 0 Å². The second kappa shape index (κ2) is 10.1. The highest BCUT2D eigenvalue weighted by Crippen LogP contribution is 2.10. The third-order valence-electron chi connectivity index (χ3n) is 2.93. The molecule has 0 aromatic heterocycles. The van der Waals surface area contributed by atoms with Crippen molar-refractivity contribution in [1.29, 1.82) is 0 Å². The lowest BCUT2D eigenvalue weighted by molar-refractivity contribution is -0.135. The molecular weight excluding hydrogens is 254 g/mol. The molecule has 0 radical (unpaired) electrons. The number of rotatable bonds is 6. The van der Waals surface area contributed by atoms with Gasteiger partial charge in [-0.15, -0.1) is 12.4 Å². The maximum absolute atomic E-state index is 11.7.